The van der Waals surface area contributed by atoms with Gasteiger partial charge in [-0.05, 0) is 19.1 Å². The first-order valence-corrected chi connectivity index (χ1v) is 7.88. The van der Waals surface area contributed by atoms with E-state index in [0.717, 1.165) is 17.4 Å². The molecule has 0 saturated carbocycles. The van der Waals surface area contributed by atoms with Crippen molar-refractivity contribution >= 4 is 39.9 Å². The molecule has 0 spiro atoms. The van der Waals surface area contributed by atoms with E-state index in [1.807, 2.05) is 29.1 Å². The van der Waals surface area contributed by atoms with Crippen molar-refractivity contribution in [2.45, 2.75) is 13.5 Å². The molecule has 1 amide bonds. The Bertz CT molecular complexity index is 1040. The van der Waals surface area contributed by atoms with E-state index >= 15 is 0 Å². The first-order chi connectivity index (χ1) is 13.2. The number of carbonyl (C=O) groups is 1. The summed E-state index contributed by atoms with van der Waals surface area (Å²) in [4.78, 5) is 20.6. The highest BCUT2D eigenvalue weighted by Crippen LogP contribution is 2.35. The Balaban J connectivity index is 2.06. The molecule has 0 aromatic carbocycles. The van der Waals surface area contributed by atoms with E-state index in [0.29, 0.717) is 11.6 Å². The van der Waals surface area contributed by atoms with Gasteiger partial charge in [0.1, 0.15) is 5.15 Å². The number of fused-ring (bicyclic) bond motifs is 1. The fourth-order valence-electron chi connectivity index (χ4n) is 2.62. The molecule has 130 valence electrons. The van der Waals surface area contributed by atoms with Gasteiger partial charge in [0.05, 0.1) is 23.9 Å². The maximum absolute atomic E-state index is 12.4. The van der Waals surface area contributed by atoms with Crippen molar-refractivity contribution in [2.24, 2.45) is 0 Å². The number of halogens is 1. The van der Waals surface area contributed by atoms with E-state index in [4.69, 9.17) is 20.5 Å². The minimum absolute atomic E-state index is 0.00958. The zero-order chi connectivity index (χ0) is 20.5. The fraction of sp³-hybridized carbons (Fsp3) is 0.235. The maximum atomic E-state index is 12.4. The van der Waals surface area contributed by atoms with Crippen LogP contribution in [-0.2, 0) is 6.54 Å². The maximum Gasteiger partial charge on any atom is 0.254 e. The number of anilines is 2. The van der Waals surface area contributed by atoms with E-state index in [1.54, 1.807) is 6.20 Å². The number of hydrogen-bond acceptors (Lipinski definition) is 5. The van der Waals surface area contributed by atoms with E-state index in [1.165, 1.54) is 19.4 Å². The number of nitrogens with one attached hydrogen (secondary N) is 2. The van der Waals surface area contributed by atoms with Crippen LogP contribution in [0.2, 0.25) is 5.15 Å². The first-order valence-electron chi connectivity index (χ1n) is 9.00. The molecule has 0 bridgehead atoms. The summed E-state index contributed by atoms with van der Waals surface area (Å²) in [6.07, 6.45) is 4.81. The van der Waals surface area contributed by atoms with Gasteiger partial charge in [-0.2, -0.15) is 0 Å². The second-order valence-electron chi connectivity index (χ2n) is 5.18. The zero-order valence-electron chi connectivity index (χ0n) is 16.6. The third-order valence-corrected chi connectivity index (χ3v) is 3.99. The number of methoxy groups -OCH3 is 1. The standard InChI is InChI=1S/C17H18ClN5O2/c1-4-23-6-5-10-8-21-16(15(25-3)14(10)23)22-12-7-13(18)20-9-11(12)17(24)19-2/h5-9H,4H2,1-3H3,(H,19,24)(H,20,21,22)/i2D3. The molecule has 3 aromatic heterocycles. The predicted octanol–water partition coefficient (Wildman–Crippen LogP) is 3.22. The lowest BCUT2D eigenvalue weighted by Crippen LogP contribution is -2.19. The largest absolute Gasteiger partial charge is 0.491 e. The molecule has 0 aliphatic carbocycles. The molecule has 25 heavy (non-hydrogen) atoms. The van der Waals surface area contributed by atoms with E-state index in [9.17, 15) is 4.79 Å². The Labute approximate surface area is 154 Å². The monoisotopic (exact) mass is 362 g/mol. The van der Waals surface area contributed by atoms with Crippen LogP contribution in [0.5, 0.6) is 5.75 Å². The lowest BCUT2D eigenvalue weighted by atomic mass is 10.2. The Morgan fingerprint density at radius 3 is 3.00 bits per heavy atom. The number of hydrogen-bond donors (Lipinski definition) is 2. The van der Waals surface area contributed by atoms with Crippen LogP contribution in [0.15, 0.2) is 30.7 Å². The molecule has 0 saturated heterocycles. The van der Waals surface area contributed by atoms with Crippen LogP contribution in [0, 0.1) is 0 Å². The molecule has 0 aliphatic heterocycles. The van der Waals surface area contributed by atoms with Crippen LogP contribution in [-0.4, -0.2) is 34.5 Å². The number of aryl methyl sites for hydroxylation is 1. The smallest absolute Gasteiger partial charge is 0.254 e. The molecule has 0 radical (unpaired) electrons. The highest BCUT2D eigenvalue weighted by atomic mass is 35.5. The number of rotatable bonds is 5. The molecule has 7 nitrogen and oxygen atoms in total. The van der Waals surface area contributed by atoms with Crippen LogP contribution in [0.3, 0.4) is 0 Å². The van der Waals surface area contributed by atoms with Crippen molar-refractivity contribution in [3.63, 3.8) is 0 Å². The van der Waals surface area contributed by atoms with Gasteiger partial charge in [-0.15, -0.1) is 0 Å². The SMILES string of the molecule is [2H]C([2H])([2H])NC(=O)c1cnc(Cl)cc1Nc1ncc2ccn(CC)c2c1OC. The summed E-state index contributed by atoms with van der Waals surface area (Å²) in [6, 6.07) is 3.34. The minimum atomic E-state index is -2.63. The first kappa shape index (κ1) is 13.5. The second-order valence-corrected chi connectivity index (χ2v) is 5.56. The molecule has 3 rings (SSSR count). The number of carbonyl (C=O) groups excluding carboxylic acids is 1. The average Bonchev–Trinajstić information content (AvgIpc) is 3.03. The van der Waals surface area contributed by atoms with Gasteiger partial charge >= 0.3 is 0 Å². The van der Waals surface area contributed by atoms with Crippen molar-refractivity contribution in [1.82, 2.24) is 19.9 Å². The Kier molecular flexibility index (Phi) is 3.77. The Morgan fingerprint density at radius 2 is 2.28 bits per heavy atom. The molecule has 8 heteroatoms. The van der Waals surface area contributed by atoms with Gasteiger partial charge in [-0.3, -0.25) is 4.79 Å². The summed E-state index contributed by atoms with van der Waals surface area (Å²) in [6.45, 7) is 0.105. The molecule has 0 aliphatic rings. The summed E-state index contributed by atoms with van der Waals surface area (Å²) in [7, 11) is 1.52. The second kappa shape index (κ2) is 6.98. The lowest BCUT2D eigenvalue weighted by molar-refractivity contribution is 0.0963. The molecule has 2 N–H and O–H groups in total. The normalized spacial score (nSPS) is 13.0. The Hall–Kier alpha value is -2.80. The lowest BCUT2D eigenvalue weighted by Gasteiger charge is -2.15. The highest BCUT2D eigenvalue weighted by Gasteiger charge is 2.17. The minimum Gasteiger partial charge on any atom is -0.491 e. The molecule has 3 heterocycles. The molecular formula is C17H18ClN5O2. The third-order valence-electron chi connectivity index (χ3n) is 3.78. The summed E-state index contributed by atoms with van der Waals surface area (Å²) in [5, 5.41) is 5.98. The summed E-state index contributed by atoms with van der Waals surface area (Å²) < 4.78 is 29.2. The summed E-state index contributed by atoms with van der Waals surface area (Å²) >= 11 is 5.97. The van der Waals surface area contributed by atoms with Gasteiger partial charge < -0.3 is 19.9 Å². The van der Waals surface area contributed by atoms with Crippen molar-refractivity contribution < 1.29 is 13.6 Å². The molecule has 0 atom stereocenters. The average molecular weight is 363 g/mol. The van der Waals surface area contributed by atoms with Crippen LogP contribution in [0.4, 0.5) is 11.5 Å². The number of pyridine rings is 2. The highest BCUT2D eigenvalue weighted by molar-refractivity contribution is 6.29. The van der Waals surface area contributed by atoms with Gasteiger partial charge in [0.2, 0.25) is 0 Å². The summed E-state index contributed by atoms with van der Waals surface area (Å²) in [5.41, 5.74) is 1.10. The molecular weight excluding hydrogens is 342 g/mol. The van der Waals surface area contributed by atoms with Crippen molar-refractivity contribution in [3.05, 3.63) is 41.4 Å². The van der Waals surface area contributed by atoms with Gasteiger partial charge in [0.25, 0.3) is 5.91 Å². The molecule has 0 unspecified atom stereocenters. The van der Waals surface area contributed by atoms with Gasteiger partial charge in [0.15, 0.2) is 11.6 Å². The fourth-order valence-corrected chi connectivity index (χ4v) is 2.77. The van der Waals surface area contributed by atoms with E-state index in [-0.39, 0.29) is 16.4 Å². The Morgan fingerprint density at radius 1 is 1.44 bits per heavy atom. The van der Waals surface area contributed by atoms with Gasteiger partial charge in [0, 0.05) is 41.6 Å². The zero-order valence-corrected chi connectivity index (χ0v) is 14.4. The van der Waals surface area contributed by atoms with Crippen molar-refractivity contribution in [1.29, 1.82) is 0 Å². The molecule has 3 aromatic rings. The van der Waals surface area contributed by atoms with Crippen LogP contribution in [0.25, 0.3) is 10.9 Å². The van der Waals surface area contributed by atoms with Gasteiger partial charge in [-0.1, -0.05) is 11.6 Å². The van der Waals surface area contributed by atoms with Crippen LogP contribution in [0.1, 0.15) is 21.4 Å². The van der Waals surface area contributed by atoms with Crippen LogP contribution < -0.4 is 15.4 Å². The quantitative estimate of drug-likeness (QED) is 0.681. The predicted molar refractivity (Wildman–Crippen MR) is 97.9 cm³/mol. The number of ether oxygens (including phenoxy) is 1. The van der Waals surface area contributed by atoms with Gasteiger partial charge in [-0.25, -0.2) is 9.97 Å². The molecule has 0 fully saturated rings. The third kappa shape index (κ3) is 3.10. The number of nitrogens with zero attached hydrogens (tertiary/aromatic N) is 3. The van der Waals surface area contributed by atoms with Crippen molar-refractivity contribution in [2.75, 3.05) is 19.4 Å². The van der Waals surface area contributed by atoms with Crippen molar-refractivity contribution in [3.8, 4) is 5.75 Å². The van der Waals surface area contributed by atoms with Crippen LogP contribution >= 0.6 is 11.6 Å². The number of aromatic nitrogens is 3. The van der Waals surface area contributed by atoms with E-state index in [2.05, 4.69) is 15.3 Å². The number of amides is 1. The topological polar surface area (TPSA) is 81.1 Å². The summed E-state index contributed by atoms with van der Waals surface area (Å²) in [5.74, 6) is 0.0247. The van der Waals surface area contributed by atoms with E-state index < -0.39 is 12.9 Å².